The predicted molar refractivity (Wildman–Crippen MR) is 125 cm³/mol. The Morgan fingerprint density at radius 1 is 1.20 bits per heavy atom. The van der Waals surface area contributed by atoms with E-state index in [2.05, 4.69) is 31.3 Å². The van der Waals surface area contributed by atoms with Gasteiger partial charge in [-0.25, -0.2) is 4.68 Å². The molecule has 7 nitrogen and oxygen atoms in total. The molecule has 0 atom stereocenters. The van der Waals surface area contributed by atoms with Crippen molar-refractivity contribution in [1.29, 1.82) is 5.26 Å². The molecule has 0 spiro atoms. The Kier molecular flexibility index (Phi) is 11.6. The van der Waals surface area contributed by atoms with E-state index in [4.69, 9.17) is 16.8 Å². The number of hydrogen-bond donors (Lipinski definition) is 3. The maximum atomic E-state index is 10.8. The van der Waals surface area contributed by atoms with Crippen LogP contribution in [0.25, 0.3) is 0 Å². The fourth-order valence-corrected chi connectivity index (χ4v) is 2.81. The minimum absolute atomic E-state index is 0. The Balaban J connectivity index is 0.000000457. The number of nitrogens with zero attached hydrogens (tertiary/aromatic N) is 3. The van der Waals surface area contributed by atoms with E-state index in [-0.39, 0.29) is 41.6 Å². The van der Waals surface area contributed by atoms with Crippen LogP contribution in [0.5, 0.6) is 0 Å². The third kappa shape index (κ3) is 9.46. The lowest BCUT2D eigenvalue weighted by Gasteiger charge is -2.24. The molecule has 0 radical (unpaired) electrons. The van der Waals surface area contributed by atoms with Crippen LogP contribution >= 0.6 is 12.4 Å². The van der Waals surface area contributed by atoms with Gasteiger partial charge in [-0.2, -0.15) is 10.4 Å². The SMILES string of the molecule is CC(C)(C)NN.CC(C)(C)n1nc(C2CCC2)cc1N.Cl.N#CCC(=O)C1CCC1. The molecule has 172 valence electrons. The molecule has 0 saturated heterocycles. The average Bonchev–Trinajstić information content (AvgIpc) is 2.86. The number of nitrogens with one attached hydrogen (secondary N) is 1. The molecule has 8 heteroatoms. The van der Waals surface area contributed by atoms with Crippen LogP contribution < -0.4 is 17.0 Å². The first kappa shape index (κ1) is 28.4. The van der Waals surface area contributed by atoms with Gasteiger partial charge in [0.2, 0.25) is 0 Å². The molecule has 0 amide bonds. The Morgan fingerprint density at radius 3 is 1.97 bits per heavy atom. The van der Waals surface area contributed by atoms with Crippen LogP contribution in [0, 0.1) is 17.2 Å². The smallest absolute Gasteiger partial charge is 0.149 e. The zero-order valence-electron chi connectivity index (χ0n) is 19.5. The quantitative estimate of drug-likeness (QED) is 0.472. The number of nitriles is 1. The second kappa shape index (κ2) is 12.3. The van der Waals surface area contributed by atoms with E-state index < -0.39 is 0 Å². The minimum Gasteiger partial charge on any atom is -0.384 e. The summed E-state index contributed by atoms with van der Waals surface area (Å²) in [6.45, 7) is 12.4. The average molecular weight is 441 g/mol. The van der Waals surface area contributed by atoms with Crippen molar-refractivity contribution in [3.8, 4) is 6.07 Å². The summed E-state index contributed by atoms with van der Waals surface area (Å²) in [7, 11) is 0. The number of anilines is 1. The van der Waals surface area contributed by atoms with E-state index in [1.54, 1.807) is 0 Å². The molecule has 1 aromatic rings. The first-order valence-electron chi connectivity index (χ1n) is 10.6. The van der Waals surface area contributed by atoms with Crippen molar-refractivity contribution in [2.45, 2.75) is 103 Å². The van der Waals surface area contributed by atoms with Crippen LogP contribution in [0.15, 0.2) is 6.07 Å². The molecule has 0 bridgehead atoms. The lowest BCUT2D eigenvalue weighted by Crippen LogP contribution is -2.41. The number of Topliss-reactive ketones (excluding diaryl/α,β-unsaturated/α-hetero) is 1. The number of carbonyl (C=O) groups is 1. The van der Waals surface area contributed by atoms with Gasteiger partial charge in [-0.15, -0.1) is 12.4 Å². The van der Waals surface area contributed by atoms with Gasteiger partial charge in [0.15, 0.2) is 0 Å². The van der Waals surface area contributed by atoms with Crippen molar-refractivity contribution >= 4 is 24.0 Å². The highest BCUT2D eigenvalue weighted by Crippen LogP contribution is 2.36. The Labute approximate surface area is 188 Å². The molecular weight excluding hydrogens is 400 g/mol. The summed E-state index contributed by atoms with van der Waals surface area (Å²) in [5, 5.41) is 12.7. The second-order valence-electron chi connectivity index (χ2n) is 10.0. The third-order valence-corrected chi connectivity index (χ3v) is 5.16. The normalized spacial score (nSPS) is 16.3. The number of ketones is 1. The molecule has 5 N–H and O–H groups in total. The molecule has 30 heavy (non-hydrogen) atoms. The van der Waals surface area contributed by atoms with Crippen molar-refractivity contribution in [2.24, 2.45) is 11.8 Å². The van der Waals surface area contributed by atoms with Gasteiger partial charge in [0.1, 0.15) is 11.6 Å². The van der Waals surface area contributed by atoms with Crippen LogP contribution in [0.4, 0.5) is 5.82 Å². The number of nitrogen functional groups attached to an aromatic ring is 1. The van der Waals surface area contributed by atoms with Crippen molar-refractivity contribution in [2.75, 3.05) is 5.73 Å². The zero-order valence-corrected chi connectivity index (χ0v) is 20.3. The number of hydrogen-bond acceptors (Lipinski definition) is 6. The van der Waals surface area contributed by atoms with Gasteiger partial charge in [0.25, 0.3) is 0 Å². The number of nitrogens with two attached hydrogens (primary N) is 2. The summed E-state index contributed by atoms with van der Waals surface area (Å²) in [4.78, 5) is 10.8. The van der Waals surface area contributed by atoms with E-state index in [9.17, 15) is 4.79 Å². The highest BCUT2D eigenvalue weighted by Gasteiger charge is 2.26. The molecule has 2 aliphatic carbocycles. The largest absolute Gasteiger partial charge is 0.384 e. The Bertz CT molecular complexity index is 688. The fourth-order valence-electron chi connectivity index (χ4n) is 2.81. The maximum Gasteiger partial charge on any atom is 0.149 e. The van der Waals surface area contributed by atoms with Crippen LogP contribution in [-0.4, -0.2) is 21.1 Å². The Morgan fingerprint density at radius 2 is 1.70 bits per heavy atom. The lowest BCUT2D eigenvalue weighted by atomic mass is 9.81. The van der Waals surface area contributed by atoms with Crippen LogP contribution in [0.2, 0.25) is 0 Å². The van der Waals surface area contributed by atoms with E-state index in [0.29, 0.717) is 5.92 Å². The van der Waals surface area contributed by atoms with Crippen molar-refractivity contribution in [1.82, 2.24) is 15.2 Å². The first-order chi connectivity index (χ1) is 13.4. The fraction of sp³-hybridized carbons (Fsp3) is 0.773. The number of aromatic nitrogens is 2. The van der Waals surface area contributed by atoms with Crippen molar-refractivity contribution in [3.05, 3.63) is 11.8 Å². The van der Waals surface area contributed by atoms with Gasteiger partial charge in [0, 0.05) is 23.4 Å². The summed E-state index contributed by atoms with van der Waals surface area (Å²) in [6, 6.07) is 3.90. The van der Waals surface area contributed by atoms with Gasteiger partial charge in [-0.1, -0.05) is 12.8 Å². The monoisotopic (exact) mass is 440 g/mol. The molecule has 2 saturated carbocycles. The molecule has 0 aromatic carbocycles. The van der Waals surface area contributed by atoms with E-state index in [1.807, 2.05) is 37.6 Å². The summed E-state index contributed by atoms with van der Waals surface area (Å²) >= 11 is 0. The summed E-state index contributed by atoms with van der Waals surface area (Å²) < 4.78 is 1.93. The number of rotatable bonds is 3. The minimum atomic E-state index is -0.00786. The standard InChI is InChI=1S/C11H19N3.C7H9NO.C4H12N2.ClH/c1-11(2,3)14-10(12)7-9(13-14)8-5-4-6-8;8-5-4-7(9)6-2-1-3-6;1-4(2,3)6-5;/h7-8H,4-6,12H2,1-3H3;6H,1-4H2;6H,5H2,1-3H3;1H. The third-order valence-electron chi connectivity index (χ3n) is 5.16. The van der Waals surface area contributed by atoms with Crippen molar-refractivity contribution < 1.29 is 4.79 Å². The number of halogens is 1. The topological polar surface area (TPSA) is 123 Å². The molecule has 1 aromatic heterocycles. The number of hydrazine groups is 1. The predicted octanol–water partition coefficient (Wildman–Crippen LogP) is 4.43. The lowest BCUT2D eigenvalue weighted by molar-refractivity contribution is -0.124. The van der Waals surface area contributed by atoms with Crippen molar-refractivity contribution in [3.63, 3.8) is 0 Å². The second-order valence-corrected chi connectivity index (χ2v) is 10.0. The first-order valence-corrected chi connectivity index (χ1v) is 10.6. The molecule has 1 heterocycles. The van der Waals surface area contributed by atoms with Gasteiger partial charge in [-0.05, 0) is 67.2 Å². The molecule has 2 fully saturated rings. The maximum absolute atomic E-state index is 10.8. The van der Waals surface area contributed by atoms with Gasteiger partial charge < -0.3 is 5.73 Å². The number of carbonyl (C=O) groups excluding carboxylic acids is 1. The molecule has 0 unspecified atom stereocenters. The van der Waals surface area contributed by atoms with Gasteiger partial charge >= 0.3 is 0 Å². The van der Waals surface area contributed by atoms with Gasteiger partial charge in [-0.3, -0.25) is 16.1 Å². The van der Waals surface area contributed by atoms with Crippen LogP contribution in [0.1, 0.15) is 98.1 Å². The highest BCUT2D eigenvalue weighted by atomic mass is 35.5. The van der Waals surface area contributed by atoms with E-state index in [0.717, 1.165) is 18.7 Å². The molecule has 0 aliphatic heterocycles. The summed E-state index contributed by atoms with van der Waals surface area (Å²) in [5.74, 6) is 6.90. The Hall–Kier alpha value is -1.62. The molecule has 3 rings (SSSR count). The van der Waals surface area contributed by atoms with E-state index >= 15 is 0 Å². The molecular formula is C22H41ClN6O. The molecule has 2 aliphatic rings. The highest BCUT2D eigenvalue weighted by molar-refractivity contribution is 5.85. The van der Waals surface area contributed by atoms with Gasteiger partial charge in [0.05, 0.1) is 23.7 Å². The zero-order chi connectivity index (χ0) is 22.2. The summed E-state index contributed by atoms with van der Waals surface area (Å²) in [5.41, 5.74) is 9.79. The van der Waals surface area contributed by atoms with Crippen LogP contribution in [-0.2, 0) is 10.3 Å². The van der Waals surface area contributed by atoms with E-state index in [1.165, 1.54) is 31.4 Å². The van der Waals surface area contributed by atoms with Crippen LogP contribution in [0.3, 0.4) is 0 Å². The summed E-state index contributed by atoms with van der Waals surface area (Å²) in [6.07, 6.45) is 7.21.